The molecule has 2 aromatic rings. The second-order valence-electron chi connectivity index (χ2n) is 6.20. The molecule has 0 spiro atoms. The van der Waals surface area contributed by atoms with Crippen molar-refractivity contribution in [1.29, 1.82) is 0 Å². The molecule has 0 radical (unpaired) electrons. The highest BCUT2D eigenvalue weighted by atomic mass is 19.4. The van der Waals surface area contributed by atoms with E-state index >= 15 is 0 Å². The molecule has 0 saturated heterocycles. The van der Waals surface area contributed by atoms with Gasteiger partial charge in [0.25, 0.3) is 0 Å². The Morgan fingerprint density at radius 2 is 1.70 bits per heavy atom. The predicted octanol–water partition coefficient (Wildman–Crippen LogP) is 5.05. The Labute approximate surface area is 154 Å². The van der Waals surface area contributed by atoms with Crippen LogP contribution in [-0.2, 0) is 6.18 Å². The summed E-state index contributed by atoms with van der Waals surface area (Å²) in [4.78, 5) is 12.0. The number of alkyl halides is 3. The lowest BCUT2D eigenvalue weighted by atomic mass is 10.1. The quantitative estimate of drug-likeness (QED) is 0.709. The zero-order chi connectivity index (χ0) is 20.2. The van der Waals surface area contributed by atoms with E-state index in [0.717, 1.165) is 23.3 Å². The molecule has 27 heavy (non-hydrogen) atoms. The van der Waals surface area contributed by atoms with Gasteiger partial charge in [-0.25, -0.2) is 9.18 Å². The first kappa shape index (κ1) is 20.5. The lowest BCUT2D eigenvalue weighted by Gasteiger charge is -2.18. The number of urea groups is 1. The number of carbonyl (C=O) groups excluding carboxylic acids is 1. The van der Waals surface area contributed by atoms with Gasteiger partial charge in [-0.3, -0.25) is 0 Å². The topological polar surface area (TPSA) is 50.4 Å². The number of hydrogen-bond donors (Lipinski definition) is 2. The molecule has 2 amide bonds. The van der Waals surface area contributed by atoms with Crippen molar-refractivity contribution >= 4 is 11.7 Å². The van der Waals surface area contributed by atoms with E-state index in [2.05, 4.69) is 10.6 Å². The minimum atomic E-state index is -4.84. The molecule has 0 aromatic heterocycles. The largest absolute Gasteiger partial charge is 0.491 e. The number of benzene rings is 2. The van der Waals surface area contributed by atoms with Gasteiger partial charge in [0, 0.05) is 0 Å². The summed E-state index contributed by atoms with van der Waals surface area (Å²) >= 11 is 0. The van der Waals surface area contributed by atoms with Crippen LogP contribution in [0.2, 0.25) is 0 Å². The van der Waals surface area contributed by atoms with Gasteiger partial charge in [0.15, 0.2) is 5.82 Å². The molecule has 8 heteroatoms. The molecule has 0 bridgehead atoms. The Morgan fingerprint density at radius 1 is 1.11 bits per heavy atom. The number of halogens is 4. The monoisotopic (exact) mass is 384 g/mol. The molecule has 0 aliphatic carbocycles. The van der Waals surface area contributed by atoms with Gasteiger partial charge in [-0.05, 0) is 44.0 Å². The third-order valence-corrected chi connectivity index (χ3v) is 3.82. The van der Waals surface area contributed by atoms with Gasteiger partial charge in [-0.2, -0.15) is 13.2 Å². The minimum Gasteiger partial charge on any atom is -0.491 e. The third kappa shape index (κ3) is 5.35. The molecule has 0 aliphatic rings. The van der Waals surface area contributed by atoms with Crippen LogP contribution in [0.25, 0.3) is 0 Å². The summed E-state index contributed by atoms with van der Waals surface area (Å²) in [6, 6.07) is 7.09. The molecule has 2 aromatic carbocycles. The smallest absolute Gasteiger partial charge is 0.419 e. The second-order valence-corrected chi connectivity index (χ2v) is 6.20. The summed E-state index contributed by atoms with van der Waals surface area (Å²) in [5, 5.41) is 4.59. The summed E-state index contributed by atoms with van der Waals surface area (Å²) in [5.74, 6) is -0.824. The van der Waals surface area contributed by atoms with Crippen molar-refractivity contribution in [2.75, 3.05) is 11.9 Å². The van der Waals surface area contributed by atoms with Gasteiger partial charge in [0.1, 0.15) is 12.4 Å². The first-order chi connectivity index (χ1) is 12.6. The highest BCUT2D eigenvalue weighted by Gasteiger charge is 2.35. The van der Waals surface area contributed by atoms with Crippen molar-refractivity contribution in [1.82, 2.24) is 5.32 Å². The Morgan fingerprint density at radius 3 is 2.30 bits per heavy atom. The molecule has 2 rings (SSSR count). The van der Waals surface area contributed by atoms with Crippen molar-refractivity contribution in [2.45, 2.75) is 33.0 Å². The van der Waals surface area contributed by atoms with E-state index in [1.54, 1.807) is 6.92 Å². The van der Waals surface area contributed by atoms with Crippen molar-refractivity contribution in [2.24, 2.45) is 0 Å². The molecule has 4 nitrogen and oxygen atoms in total. The van der Waals surface area contributed by atoms with Crippen LogP contribution >= 0.6 is 0 Å². The van der Waals surface area contributed by atoms with Crippen LogP contribution in [0.15, 0.2) is 36.4 Å². The van der Waals surface area contributed by atoms with Crippen LogP contribution in [0.4, 0.5) is 28.0 Å². The van der Waals surface area contributed by atoms with Crippen molar-refractivity contribution in [3.63, 3.8) is 0 Å². The minimum absolute atomic E-state index is 0.143. The fraction of sp³-hybridized carbons (Fsp3) is 0.316. The van der Waals surface area contributed by atoms with Crippen LogP contribution < -0.4 is 15.4 Å². The van der Waals surface area contributed by atoms with Crippen LogP contribution in [0.1, 0.15) is 23.6 Å². The number of anilines is 1. The predicted molar refractivity (Wildman–Crippen MR) is 94.4 cm³/mol. The van der Waals surface area contributed by atoms with E-state index < -0.39 is 35.3 Å². The maximum Gasteiger partial charge on any atom is 0.419 e. The molecule has 0 fully saturated rings. The van der Waals surface area contributed by atoms with E-state index in [1.807, 2.05) is 32.0 Å². The van der Waals surface area contributed by atoms with Crippen molar-refractivity contribution < 1.29 is 27.1 Å². The van der Waals surface area contributed by atoms with E-state index in [1.165, 1.54) is 0 Å². The lowest BCUT2D eigenvalue weighted by molar-refractivity contribution is -0.139. The summed E-state index contributed by atoms with van der Waals surface area (Å²) in [5.41, 5.74) is -0.104. The number of aryl methyl sites for hydroxylation is 2. The number of para-hydroxylation sites is 1. The number of hydrogen-bond acceptors (Lipinski definition) is 2. The maximum atomic E-state index is 13.9. The average Bonchev–Trinajstić information content (AvgIpc) is 2.55. The highest BCUT2D eigenvalue weighted by molar-refractivity contribution is 5.89. The van der Waals surface area contributed by atoms with E-state index in [-0.39, 0.29) is 6.61 Å². The van der Waals surface area contributed by atoms with Crippen LogP contribution in [-0.4, -0.2) is 18.7 Å². The Kier molecular flexibility index (Phi) is 6.30. The molecule has 146 valence electrons. The SMILES string of the molecule is Cc1cccc(C)c1OCC(C)NC(=O)Nc1cccc(C(F)(F)F)c1F. The number of amides is 2. The van der Waals surface area contributed by atoms with E-state index in [4.69, 9.17) is 4.74 Å². The maximum absolute atomic E-state index is 13.9. The number of nitrogens with one attached hydrogen (secondary N) is 2. The first-order valence-corrected chi connectivity index (χ1v) is 8.22. The van der Waals surface area contributed by atoms with Gasteiger partial charge in [0.05, 0.1) is 17.3 Å². The summed E-state index contributed by atoms with van der Waals surface area (Å²) in [6.07, 6.45) is -4.84. The van der Waals surface area contributed by atoms with Gasteiger partial charge in [-0.1, -0.05) is 24.3 Å². The lowest BCUT2D eigenvalue weighted by Crippen LogP contribution is -2.39. The first-order valence-electron chi connectivity index (χ1n) is 8.22. The standard InChI is InChI=1S/C19H20F4N2O2/c1-11-6-4-7-12(2)17(11)27-10-13(3)24-18(26)25-15-9-5-8-14(16(15)20)19(21,22)23/h4-9,13H,10H2,1-3H3,(H2,24,25,26). The van der Waals surface area contributed by atoms with E-state index in [9.17, 15) is 22.4 Å². The van der Waals surface area contributed by atoms with Gasteiger partial charge in [0.2, 0.25) is 0 Å². The van der Waals surface area contributed by atoms with Gasteiger partial charge >= 0.3 is 12.2 Å². The fourth-order valence-corrected chi connectivity index (χ4v) is 2.51. The molecular weight excluding hydrogens is 364 g/mol. The summed E-state index contributed by atoms with van der Waals surface area (Å²) < 4.78 is 57.8. The van der Waals surface area contributed by atoms with Crippen molar-refractivity contribution in [3.8, 4) is 5.75 Å². The molecule has 1 unspecified atom stereocenters. The Bertz CT molecular complexity index is 802. The number of rotatable bonds is 5. The van der Waals surface area contributed by atoms with Gasteiger partial charge in [-0.15, -0.1) is 0 Å². The zero-order valence-corrected chi connectivity index (χ0v) is 15.1. The summed E-state index contributed by atoms with van der Waals surface area (Å²) in [6.45, 7) is 5.59. The Hall–Kier alpha value is -2.77. The second kappa shape index (κ2) is 8.28. The number of ether oxygens (including phenoxy) is 1. The van der Waals surface area contributed by atoms with Crippen LogP contribution in [0.3, 0.4) is 0 Å². The molecular formula is C19H20F4N2O2. The highest BCUT2D eigenvalue weighted by Crippen LogP contribution is 2.33. The van der Waals surface area contributed by atoms with Gasteiger partial charge < -0.3 is 15.4 Å². The zero-order valence-electron chi connectivity index (χ0n) is 15.1. The molecule has 0 aliphatic heterocycles. The summed E-state index contributed by atoms with van der Waals surface area (Å²) in [7, 11) is 0. The number of carbonyl (C=O) groups is 1. The van der Waals surface area contributed by atoms with E-state index in [0.29, 0.717) is 11.8 Å². The normalized spacial score (nSPS) is 12.4. The van der Waals surface area contributed by atoms with Crippen molar-refractivity contribution in [3.05, 3.63) is 58.9 Å². The van der Waals surface area contributed by atoms with Crippen LogP contribution in [0.5, 0.6) is 5.75 Å². The Balaban J connectivity index is 1.96. The molecule has 1 atom stereocenters. The third-order valence-electron chi connectivity index (χ3n) is 3.82. The molecule has 2 N–H and O–H groups in total. The fourth-order valence-electron chi connectivity index (χ4n) is 2.51. The molecule has 0 saturated carbocycles. The van der Waals surface area contributed by atoms with Crippen LogP contribution in [0, 0.1) is 19.7 Å². The average molecular weight is 384 g/mol. The molecule has 0 heterocycles.